The van der Waals surface area contributed by atoms with Gasteiger partial charge in [-0.3, -0.25) is 0 Å². The number of hydrogen-bond acceptors (Lipinski definition) is 4. The van der Waals surface area contributed by atoms with Gasteiger partial charge in [-0.05, 0) is 38.6 Å². The van der Waals surface area contributed by atoms with Gasteiger partial charge in [-0.15, -0.1) is 0 Å². The van der Waals surface area contributed by atoms with Crippen LogP contribution in [-0.2, 0) is 11.3 Å². The second-order valence-corrected chi connectivity index (χ2v) is 4.92. The van der Waals surface area contributed by atoms with Gasteiger partial charge in [-0.1, -0.05) is 12.1 Å². The minimum atomic E-state index is 0.295. The van der Waals surface area contributed by atoms with E-state index in [1.54, 1.807) is 0 Å². The molecule has 2 N–H and O–H groups in total. The van der Waals surface area contributed by atoms with Crippen LogP contribution < -0.4 is 10.5 Å². The van der Waals surface area contributed by atoms with Crippen LogP contribution in [0.5, 0.6) is 5.75 Å². The van der Waals surface area contributed by atoms with Gasteiger partial charge in [0.05, 0.1) is 12.7 Å². The number of benzene rings is 1. The Balaban J connectivity index is 2.18. The summed E-state index contributed by atoms with van der Waals surface area (Å²) in [7, 11) is 2.07. The summed E-state index contributed by atoms with van der Waals surface area (Å²) in [4.78, 5) is 2.20. The first-order valence-corrected chi connectivity index (χ1v) is 6.83. The van der Waals surface area contributed by atoms with Crippen LogP contribution in [0.1, 0.15) is 19.4 Å². The Morgan fingerprint density at radius 2 is 1.95 bits per heavy atom. The fourth-order valence-electron chi connectivity index (χ4n) is 1.64. The van der Waals surface area contributed by atoms with Gasteiger partial charge in [-0.2, -0.15) is 0 Å². The predicted octanol–water partition coefficient (Wildman–Crippen LogP) is 1.88. The van der Waals surface area contributed by atoms with Crippen LogP contribution in [0.2, 0.25) is 0 Å². The Morgan fingerprint density at radius 3 is 2.63 bits per heavy atom. The number of hydrogen-bond donors (Lipinski definition) is 1. The van der Waals surface area contributed by atoms with Gasteiger partial charge in [0.25, 0.3) is 0 Å². The molecule has 0 bridgehead atoms. The lowest BCUT2D eigenvalue weighted by molar-refractivity contribution is 0.0616. The molecule has 0 amide bonds. The van der Waals surface area contributed by atoms with Crippen LogP contribution in [0.3, 0.4) is 0 Å². The molecule has 4 nitrogen and oxygen atoms in total. The third kappa shape index (κ3) is 7.15. The maximum absolute atomic E-state index is 5.71. The molecule has 0 unspecified atom stereocenters. The summed E-state index contributed by atoms with van der Waals surface area (Å²) >= 11 is 0. The first kappa shape index (κ1) is 16.0. The molecule has 0 heterocycles. The third-order valence-electron chi connectivity index (χ3n) is 2.80. The largest absolute Gasteiger partial charge is 0.492 e. The number of nitrogens with two attached hydrogens (primary N) is 1. The van der Waals surface area contributed by atoms with Gasteiger partial charge >= 0.3 is 0 Å². The molecule has 0 atom stereocenters. The van der Waals surface area contributed by atoms with E-state index in [9.17, 15) is 0 Å². The summed E-state index contributed by atoms with van der Waals surface area (Å²) in [6.45, 7) is 7.88. The van der Waals surface area contributed by atoms with Gasteiger partial charge in [0.15, 0.2) is 0 Å². The molecule has 0 radical (unpaired) electrons. The lowest BCUT2D eigenvalue weighted by Gasteiger charge is -2.18. The van der Waals surface area contributed by atoms with Gasteiger partial charge in [0.2, 0.25) is 0 Å². The molecule has 4 heteroatoms. The van der Waals surface area contributed by atoms with Crippen molar-refractivity contribution in [3.8, 4) is 5.75 Å². The second-order valence-electron chi connectivity index (χ2n) is 4.92. The van der Waals surface area contributed by atoms with Gasteiger partial charge in [0.1, 0.15) is 12.4 Å². The maximum atomic E-state index is 5.71. The fourth-order valence-corrected chi connectivity index (χ4v) is 1.64. The fraction of sp³-hybridized carbons (Fsp3) is 0.600. The van der Waals surface area contributed by atoms with E-state index < -0.39 is 0 Å². The van der Waals surface area contributed by atoms with Crippen LogP contribution in [0.25, 0.3) is 0 Å². The molecule has 19 heavy (non-hydrogen) atoms. The molecule has 0 fully saturated rings. The first-order chi connectivity index (χ1) is 9.11. The minimum Gasteiger partial charge on any atom is -0.492 e. The Kier molecular flexibility index (Phi) is 7.48. The molecule has 0 saturated heterocycles. The highest BCUT2D eigenvalue weighted by Gasteiger charge is 2.01. The highest BCUT2D eigenvalue weighted by atomic mass is 16.5. The Labute approximate surface area is 116 Å². The number of nitrogens with zero attached hydrogens (tertiary/aromatic N) is 1. The van der Waals surface area contributed by atoms with Crippen LogP contribution in [0.4, 0.5) is 0 Å². The SMILES string of the molecule is CC(C)OCCN(C)CCOc1cccc(CN)c1. The second kappa shape index (κ2) is 8.91. The third-order valence-corrected chi connectivity index (χ3v) is 2.80. The molecular weight excluding hydrogens is 240 g/mol. The van der Waals surface area contributed by atoms with Gasteiger partial charge in [0, 0.05) is 19.6 Å². The van der Waals surface area contributed by atoms with Crippen molar-refractivity contribution >= 4 is 0 Å². The standard InChI is InChI=1S/C15H26N2O2/c1-13(2)18-9-7-17(3)8-10-19-15-6-4-5-14(11-15)12-16/h4-6,11,13H,7-10,12,16H2,1-3H3. The van der Waals surface area contributed by atoms with E-state index >= 15 is 0 Å². The number of rotatable bonds is 9. The average Bonchev–Trinajstić information content (AvgIpc) is 2.38. The maximum Gasteiger partial charge on any atom is 0.119 e. The lowest BCUT2D eigenvalue weighted by atomic mass is 10.2. The Morgan fingerprint density at radius 1 is 1.21 bits per heavy atom. The van der Waals surface area contributed by atoms with Crippen molar-refractivity contribution in [2.75, 3.05) is 33.4 Å². The van der Waals surface area contributed by atoms with Crippen molar-refractivity contribution in [2.24, 2.45) is 5.73 Å². The number of ether oxygens (including phenoxy) is 2. The van der Waals surface area contributed by atoms with E-state index in [4.69, 9.17) is 15.2 Å². The molecule has 1 aromatic carbocycles. The molecule has 1 rings (SSSR count). The summed E-state index contributed by atoms with van der Waals surface area (Å²) in [6.07, 6.45) is 0.295. The number of likely N-dealkylation sites (N-methyl/N-ethyl adjacent to an activating group) is 1. The van der Waals surface area contributed by atoms with Crippen molar-refractivity contribution in [3.05, 3.63) is 29.8 Å². The van der Waals surface area contributed by atoms with Crippen LogP contribution >= 0.6 is 0 Å². The van der Waals surface area contributed by atoms with E-state index in [-0.39, 0.29) is 0 Å². The summed E-state index contributed by atoms with van der Waals surface area (Å²) in [5.74, 6) is 0.884. The molecule has 0 saturated carbocycles. The van der Waals surface area contributed by atoms with Crippen LogP contribution in [0.15, 0.2) is 24.3 Å². The van der Waals surface area contributed by atoms with Gasteiger partial charge < -0.3 is 20.1 Å². The summed E-state index contributed by atoms with van der Waals surface area (Å²) in [5, 5.41) is 0. The van der Waals surface area contributed by atoms with Crippen molar-refractivity contribution in [1.29, 1.82) is 0 Å². The molecule has 108 valence electrons. The average molecular weight is 266 g/mol. The monoisotopic (exact) mass is 266 g/mol. The normalized spacial score (nSPS) is 11.3. The van der Waals surface area contributed by atoms with Crippen molar-refractivity contribution < 1.29 is 9.47 Å². The molecule has 0 aliphatic heterocycles. The van der Waals surface area contributed by atoms with Crippen molar-refractivity contribution in [3.63, 3.8) is 0 Å². The predicted molar refractivity (Wildman–Crippen MR) is 78.4 cm³/mol. The van der Waals surface area contributed by atoms with E-state index in [1.807, 2.05) is 38.1 Å². The van der Waals surface area contributed by atoms with Crippen LogP contribution in [0, 0.1) is 0 Å². The lowest BCUT2D eigenvalue weighted by Crippen LogP contribution is -2.28. The van der Waals surface area contributed by atoms with Crippen molar-refractivity contribution in [1.82, 2.24) is 4.90 Å². The Bertz CT molecular complexity index is 356. The molecule has 1 aromatic rings. The quantitative estimate of drug-likeness (QED) is 0.741. The minimum absolute atomic E-state index is 0.295. The molecule has 0 aromatic heterocycles. The topological polar surface area (TPSA) is 47.7 Å². The molecule has 0 spiro atoms. The van der Waals surface area contributed by atoms with Crippen molar-refractivity contribution in [2.45, 2.75) is 26.5 Å². The van der Waals surface area contributed by atoms with E-state index in [2.05, 4.69) is 11.9 Å². The summed E-state index contributed by atoms with van der Waals surface area (Å²) < 4.78 is 11.2. The molecule has 0 aliphatic carbocycles. The van der Waals surface area contributed by atoms with E-state index in [0.717, 1.165) is 31.0 Å². The summed E-state index contributed by atoms with van der Waals surface area (Å²) in [5.41, 5.74) is 6.69. The molecular formula is C15H26N2O2. The zero-order chi connectivity index (χ0) is 14.1. The first-order valence-electron chi connectivity index (χ1n) is 6.83. The zero-order valence-electron chi connectivity index (χ0n) is 12.3. The van der Waals surface area contributed by atoms with E-state index in [1.165, 1.54) is 0 Å². The zero-order valence-corrected chi connectivity index (χ0v) is 12.3. The smallest absolute Gasteiger partial charge is 0.119 e. The summed E-state index contributed by atoms with van der Waals surface area (Å²) in [6, 6.07) is 7.92. The van der Waals surface area contributed by atoms with Crippen LogP contribution in [-0.4, -0.2) is 44.4 Å². The van der Waals surface area contributed by atoms with Gasteiger partial charge in [-0.25, -0.2) is 0 Å². The highest BCUT2D eigenvalue weighted by Crippen LogP contribution is 2.12. The molecule has 0 aliphatic rings. The Hall–Kier alpha value is -1.10. The highest BCUT2D eigenvalue weighted by molar-refractivity contribution is 5.28. The van der Waals surface area contributed by atoms with E-state index in [0.29, 0.717) is 19.3 Å².